The summed E-state index contributed by atoms with van der Waals surface area (Å²) in [6.45, 7) is 7.09. The molecule has 1 aliphatic rings. The predicted molar refractivity (Wildman–Crippen MR) is 49.6 cm³/mol. The summed E-state index contributed by atoms with van der Waals surface area (Å²) in [5.41, 5.74) is 0.569. The van der Waals surface area contributed by atoms with Crippen molar-refractivity contribution in [1.29, 1.82) is 0 Å². The fourth-order valence-corrected chi connectivity index (χ4v) is 2.08. The van der Waals surface area contributed by atoms with E-state index in [-0.39, 0.29) is 0 Å². The molecule has 1 aliphatic carbocycles. The Morgan fingerprint density at radius 1 is 1.40 bits per heavy atom. The lowest BCUT2D eigenvalue weighted by Crippen LogP contribution is -2.30. The van der Waals surface area contributed by atoms with Gasteiger partial charge in [-0.05, 0) is 30.6 Å². The van der Waals surface area contributed by atoms with Gasteiger partial charge in [-0.15, -0.1) is 0 Å². The van der Waals surface area contributed by atoms with E-state index < -0.39 is 0 Å². The molecule has 0 aromatic rings. The summed E-state index contributed by atoms with van der Waals surface area (Å²) in [6.07, 6.45) is 3.96. The number of thiol groups is 1. The summed E-state index contributed by atoms with van der Waals surface area (Å²) in [4.78, 5) is 0. The van der Waals surface area contributed by atoms with Gasteiger partial charge in [-0.2, -0.15) is 12.6 Å². The van der Waals surface area contributed by atoms with Gasteiger partial charge in [0.2, 0.25) is 0 Å². The summed E-state index contributed by atoms with van der Waals surface area (Å²) in [5.74, 6) is 0.851. The van der Waals surface area contributed by atoms with Crippen LogP contribution in [0.15, 0.2) is 0 Å². The van der Waals surface area contributed by atoms with E-state index in [0.717, 1.165) is 5.92 Å². The zero-order valence-corrected chi connectivity index (χ0v) is 8.12. The van der Waals surface area contributed by atoms with Crippen LogP contribution in [0.5, 0.6) is 0 Å². The summed E-state index contributed by atoms with van der Waals surface area (Å²) < 4.78 is 0. The molecule has 0 saturated heterocycles. The molecule has 0 amide bonds. The minimum Gasteiger partial charge on any atom is -0.176 e. The Hall–Kier alpha value is 0.350. The first-order valence-electron chi connectivity index (χ1n) is 4.20. The minimum absolute atomic E-state index is 0.569. The average Bonchev–Trinajstić information content (AvgIpc) is 1.81. The quantitative estimate of drug-likeness (QED) is 0.514. The van der Waals surface area contributed by atoms with E-state index in [2.05, 4.69) is 33.4 Å². The highest BCUT2D eigenvalue weighted by atomic mass is 32.1. The molecule has 0 nitrogen and oxygen atoms in total. The standard InChI is InChI=1S/C9H18S/c1-7-6-8(10)4-5-9(7,2)3/h7-8,10H,4-6H2,1-3H3. The van der Waals surface area contributed by atoms with Crippen molar-refractivity contribution in [3.63, 3.8) is 0 Å². The van der Waals surface area contributed by atoms with Crippen LogP contribution in [0, 0.1) is 11.3 Å². The molecule has 0 aromatic carbocycles. The molecule has 2 atom stereocenters. The van der Waals surface area contributed by atoms with Crippen LogP contribution in [0.1, 0.15) is 40.0 Å². The van der Waals surface area contributed by atoms with Gasteiger partial charge in [0.05, 0.1) is 0 Å². The van der Waals surface area contributed by atoms with Crippen molar-refractivity contribution in [2.75, 3.05) is 0 Å². The summed E-state index contributed by atoms with van der Waals surface area (Å²) in [6, 6.07) is 0. The third-order valence-corrected chi connectivity index (χ3v) is 3.55. The van der Waals surface area contributed by atoms with Crippen LogP contribution in [-0.2, 0) is 0 Å². The molecule has 0 aromatic heterocycles. The lowest BCUT2D eigenvalue weighted by molar-refractivity contribution is 0.159. The smallest absolute Gasteiger partial charge is 0.00197 e. The van der Waals surface area contributed by atoms with Gasteiger partial charge >= 0.3 is 0 Å². The Balaban J connectivity index is 2.52. The maximum Gasteiger partial charge on any atom is 0.00197 e. The van der Waals surface area contributed by atoms with E-state index in [1.807, 2.05) is 0 Å². The Kier molecular flexibility index (Phi) is 2.34. The van der Waals surface area contributed by atoms with Crippen molar-refractivity contribution in [2.24, 2.45) is 11.3 Å². The lowest BCUT2D eigenvalue weighted by Gasteiger charge is -2.38. The maximum absolute atomic E-state index is 4.50. The Morgan fingerprint density at radius 3 is 2.40 bits per heavy atom. The molecule has 0 heterocycles. The van der Waals surface area contributed by atoms with Gasteiger partial charge in [0.1, 0.15) is 0 Å². The first-order chi connectivity index (χ1) is 4.52. The first-order valence-corrected chi connectivity index (χ1v) is 4.72. The number of hydrogen-bond donors (Lipinski definition) is 1. The van der Waals surface area contributed by atoms with Gasteiger partial charge in [0, 0.05) is 5.25 Å². The molecule has 1 saturated carbocycles. The number of hydrogen-bond acceptors (Lipinski definition) is 1. The van der Waals surface area contributed by atoms with E-state index >= 15 is 0 Å². The molecule has 1 fully saturated rings. The Morgan fingerprint density at radius 2 is 2.00 bits per heavy atom. The molecular weight excluding hydrogens is 140 g/mol. The van der Waals surface area contributed by atoms with Gasteiger partial charge < -0.3 is 0 Å². The highest BCUT2D eigenvalue weighted by Crippen LogP contribution is 2.41. The van der Waals surface area contributed by atoms with Crippen molar-refractivity contribution in [2.45, 2.75) is 45.3 Å². The molecule has 0 radical (unpaired) electrons. The molecule has 0 spiro atoms. The third-order valence-electron chi connectivity index (χ3n) is 3.08. The predicted octanol–water partition coefficient (Wildman–Crippen LogP) is 3.13. The van der Waals surface area contributed by atoms with Crippen LogP contribution in [0.2, 0.25) is 0 Å². The van der Waals surface area contributed by atoms with Crippen molar-refractivity contribution in [3.8, 4) is 0 Å². The Bertz CT molecular complexity index is 118. The second kappa shape index (κ2) is 2.77. The molecule has 10 heavy (non-hydrogen) atoms. The minimum atomic E-state index is 0.569. The summed E-state index contributed by atoms with van der Waals surface area (Å²) >= 11 is 4.50. The molecule has 0 N–H and O–H groups in total. The van der Waals surface area contributed by atoms with Gasteiger partial charge in [0.25, 0.3) is 0 Å². The van der Waals surface area contributed by atoms with Crippen LogP contribution in [0.4, 0.5) is 0 Å². The lowest BCUT2D eigenvalue weighted by atomic mass is 9.70. The zero-order valence-electron chi connectivity index (χ0n) is 7.22. The van der Waals surface area contributed by atoms with E-state index in [9.17, 15) is 0 Å². The van der Waals surface area contributed by atoms with Gasteiger partial charge in [-0.25, -0.2) is 0 Å². The fourth-order valence-electron chi connectivity index (χ4n) is 1.63. The molecule has 1 rings (SSSR count). The van der Waals surface area contributed by atoms with Gasteiger partial charge in [-0.1, -0.05) is 20.8 Å². The van der Waals surface area contributed by atoms with Crippen molar-refractivity contribution in [3.05, 3.63) is 0 Å². The highest BCUT2D eigenvalue weighted by Gasteiger charge is 2.31. The zero-order chi connectivity index (χ0) is 7.78. The first kappa shape index (κ1) is 8.45. The van der Waals surface area contributed by atoms with Crippen LogP contribution < -0.4 is 0 Å². The number of rotatable bonds is 0. The van der Waals surface area contributed by atoms with E-state index in [0.29, 0.717) is 10.7 Å². The van der Waals surface area contributed by atoms with E-state index in [4.69, 9.17) is 0 Å². The summed E-state index contributed by atoms with van der Waals surface area (Å²) in [5, 5.41) is 0.669. The molecule has 0 aliphatic heterocycles. The Labute approximate surface area is 69.8 Å². The van der Waals surface area contributed by atoms with E-state index in [1.54, 1.807) is 0 Å². The topological polar surface area (TPSA) is 0 Å². The van der Waals surface area contributed by atoms with Gasteiger partial charge in [-0.3, -0.25) is 0 Å². The van der Waals surface area contributed by atoms with Crippen LogP contribution >= 0.6 is 12.6 Å². The third kappa shape index (κ3) is 1.69. The van der Waals surface area contributed by atoms with Crippen LogP contribution in [0.3, 0.4) is 0 Å². The van der Waals surface area contributed by atoms with Gasteiger partial charge in [0.15, 0.2) is 0 Å². The van der Waals surface area contributed by atoms with E-state index in [1.165, 1.54) is 19.3 Å². The average molecular weight is 158 g/mol. The van der Waals surface area contributed by atoms with Crippen molar-refractivity contribution in [1.82, 2.24) is 0 Å². The molecule has 2 unspecified atom stereocenters. The molecule has 0 bridgehead atoms. The maximum atomic E-state index is 4.50. The molecule has 1 heteroatoms. The normalized spacial score (nSPS) is 39.6. The highest BCUT2D eigenvalue weighted by molar-refractivity contribution is 7.80. The second-order valence-corrected chi connectivity index (χ2v) is 5.05. The molecular formula is C9H18S. The molecule has 60 valence electrons. The largest absolute Gasteiger partial charge is 0.176 e. The SMILES string of the molecule is CC1CC(S)CCC1(C)C. The fraction of sp³-hybridized carbons (Fsp3) is 1.00. The van der Waals surface area contributed by atoms with Crippen molar-refractivity contribution >= 4 is 12.6 Å². The van der Waals surface area contributed by atoms with Crippen molar-refractivity contribution < 1.29 is 0 Å². The van der Waals surface area contributed by atoms with Crippen LogP contribution in [-0.4, -0.2) is 5.25 Å². The summed E-state index contributed by atoms with van der Waals surface area (Å²) in [7, 11) is 0. The monoisotopic (exact) mass is 158 g/mol. The second-order valence-electron chi connectivity index (χ2n) is 4.32. The van der Waals surface area contributed by atoms with Crippen LogP contribution in [0.25, 0.3) is 0 Å².